The zero-order chi connectivity index (χ0) is 14.4. The maximum absolute atomic E-state index is 9.81. The molecule has 2 rings (SSSR count). The van der Waals surface area contributed by atoms with Gasteiger partial charge in [0.05, 0.1) is 12.6 Å². The van der Waals surface area contributed by atoms with Gasteiger partial charge in [-0.1, -0.05) is 24.4 Å². The van der Waals surface area contributed by atoms with Crippen LogP contribution >= 0.6 is 11.6 Å². The molecule has 0 aromatic heterocycles. The van der Waals surface area contributed by atoms with Crippen molar-refractivity contribution in [1.29, 1.82) is 0 Å². The average Bonchev–Trinajstić information content (AvgIpc) is 2.93. The van der Waals surface area contributed by atoms with Gasteiger partial charge in [0.1, 0.15) is 18.5 Å². The number of benzene rings is 1. The number of aryl methyl sites for hydroxylation is 1. The van der Waals surface area contributed by atoms with Gasteiger partial charge in [-0.15, -0.1) is 0 Å². The van der Waals surface area contributed by atoms with Gasteiger partial charge >= 0.3 is 0 Å². The summed E-state index contributed by atoms with van der Waals surface area (Å²) in [4.78, 5) is 5.48. The van der Waals surface area contributed by atoms with Crippen LogP contribution in [0.25, 0.3) is 0 Å². The topological polar surface area (TPSA) is 50.7 Å². The highest BCUT2D eigenvalue weighted by atomic mass is 35.5. The Morgan fingerprint density at radius 1 is 1.40 bits per heavy atom. The first-order valence-electron chi connectivity index (χ1n) is 7.10. The molecule has 1 aromatic rings. The van der Waals surface area contributed by atoms with Gasteiger partial charge in [-0.3, -0.25) is 4.84 Å². The van der Waals surface area contributed by atoms with Crippen LogP contribution in [0.15, 0.2) is 18.2 Å². The Bertz CT molecular complexity index is 422. The molecule has 4 nitrogen and oxygen atoms in total. The van der Waals surface area contributed by atoms with Crippen molar-refractivity contribution in [3.8, 4) is 5.75 Å². The minimum Gasteiger partial charge on any atom is -0.491 e. The largest absolute Gasteiger partial charge is 0.491 e. The SMILES string of the molecule is Cc1cc(OCC(O)CNOC2CCCC2)ccc1Cl. The normalized spacial score (nSPS) is 17.4. The summed E-state index contributed by atoms with van der Waals surface area (Å²) >= 11 is 5.94. The first kappa shape index (κ1) is 15.6. The number of ether oxygens (including phenoxy) is 1. The van der Waals surface area contributed by atoms with Gasteiger partial charge in [-0.25, -0.2) is 0 Å². The van der Waals surface area contributed by atoms with Crippen molar-refractivity contribution in [2.75, 3.05) is 13.2 Å². The first-order valence-corrected chi connectivity index (χ1v) is 7.48. The maximum Gasteiger partial charge on any atom is 0.119 e. The Balaban J connectivity index is 1.63. The van der Waals surface area contributed by atoms with Crippen LogP contribution < -0.4 is 10.2 Å². The van der Waals surface area contributed by atoms with Crippen LogP contribution in [-0.2, 0) is 4.84 Å². The molecule has 1 unspecified atom stereocenters. The van der Waals surface area contributed by atoms with Gasteiger partial charge in [-0.05, 0) is 43.5 Å². The lowest BCUT2D eigenvalue weighted by Crippen LogP contribution is -2.33. The Hall–Kier alpha value is -0.810. The Kier molecular flexibility index (Phi) is 6.10. The number of hydrogen-bond acceptors (Lipinski definition) is 4. The lowest BCUT2D eigenvalue weighted by Gasteiger charge is -2.16. The van der Waals surface area contributed by atoms with Crippen molar-refractivity contribution in [3.05, 3.63) is 28.8 Å². The highest BCUT2D eigenvalue weighted by Crippen LogP contribution is 2.21. The van der Waals surface area contributed by atoms with Crippen LogP contribution in [-0.4, -0.2) is 30.5 Å². The van der Waals surface area contributed by atoms with E-state index in [1.165, 1.54) is 12.8 Å². The van der Waals surface area contributed by atoms with Crippen LogP contribution in [0.3, 0.4) is 0 Å². The lowest BCUT2D eigenvalue weighted by molar-refractivity contribution is -0.0417. The Morgan fingerprint density at radius 2 is 2.15 bits per heavy atom. The molecule has 0 saturated heterocycles. The molecule has 2 N–H and O–H groups in total. The molecule has 5 heteroatoms. The van der Waals surface area contributed by atoms with E-state index in [9.17, 15) is 5.11 Å². The molecule has 1 fully saturated rings. The van der Waals surface area contributed by atoms with Crippen LogP contribution in [0, 0.1) is 6.92 Å². The summed E-state index contributed by atoms with van der Waals surface area (Å²) in [6, 6.07) is 5.45. The maximum atomic E-state index is 9.81. The standard InChI is InChI=1S/C15H22ClNO3/c1-11-8-14(6-7-15(11)16)19-10-12(18)9-17-20-13-4-2-3-5-13/h6-8,12-13,17-18H,2-5,9-10H2,1H3. The summed E-state index contributed by atoms with van der Waals surface area (Å²) in [5, 5.41) is 10.5. The third kappa shape index (κ3) is 4.94. The average molecular weight is 300 g/mol. The smallest absolute Gasteiger partial charge is 0.119 e. The van der Waals surface area contributed by atoms with Crippen molar-refractivity contribution >= 4 is 11.6 Å². The highest BCUT2D eigenvalue weighted by Gasteiger charge is 2.16. The number of hydroxylamine groups is 1. The fraction of sp³-hybridized carbons (Fsp3) is 0.600. The summed E-state index contributed by atoms with van der Waals surface area (Å²) in [6.45, 7) is 2.51. The molecule has 1 aromatic carbocycles. The van der Waals surface area contributed by atoms with E-state index in [-0.39, 0.29) is 6.61 Å². The molecular formula is C15H22ClNO3. The van der Waals surface area contributed by atoms with E-state index in [1.54, 1.807) is 12.1 Å². The van der Waals surface area contributed by atoms with Crippen LogP contribution in [0.2, 0.25) is 5.02 Å². The van der Waals surface area contributed by atoms with Crippen molar-refractivity contribution in [2.45, 2.75) is 44.8 Å². The minimum atomic E-state index is -0.604. The molecule has 112 valence electrons. The van der Waals surface area contributed by atoms with Gasteiger partial charge in [0.2, 0.25) is 0 Å². The third-order valence-electron chi connectivity index (χ3n) is 3.44. The number of hydrogen-bond donors (Lipinski definition) is 2. The summed E-state index contributed by atoms with van der Waals surface area (Å²) in [5.41, 5.74) is 3.79. The zero-order valence-corrected chi connectivity index (χ0v) is 12.5. The number of nitrogens with one attached hydrogen (secondary N) is 1. The van der Waals surface area contributed by atoms with E-state index in [4.69, 9.17) is 21.2 Å². The fourth-order valence-corrected chi connectivity index (χ4v) is 2.34. The number of rotatable bonds is 7. The second-order valence-electron chi connectivity index (χ2n) is 5.25. The molecule has 0 bridgehead atoms. The monoisotopic (exact) mass is 299 g/mol. The van der Waals surface area contributed by atoms with Crippen molar-refractivity contribution in [2.24, 2.45) is 0 Å². The quantitative estimate of drug-likeness (QED) is 0.760. The van der Waals surface area contributed by atoms with Crippen molar-refractivity contribution < 1.29 is 14.7 Å². The summed E-state index contributed by atoms with van der Waals surface area (Å²) in [6.07, 6.45) is 4.35. The summed E-state index contributed by atoms with van der Waals surface area (Å²) in [7, 11) is 0. The van der Waals surface area contributed by atoms with Crippen LogP contribution in [0.4, 0.5) is 0 Å². The third-order valence-corrected chi connectivity index (χ3v) is 3.87. The van der Waals surface area contributed by atoms with E-state index in [1.807, 2.05) is 13.0 Å². The Labute approximate surface area is 125 Å². The number of halogens is 1. The van der Waals surface area contributed by atoms with Gasteiger partial charge in [0, 0.05) is 5.02 Å². The molecule has 20 heavy (non-hydrogen) atoms. The lowest BCUT2D eigenvalue weighted by atomic mass is 10.2. The molecule has 1 saturated carbocycles. The minimum absolute atomic E-state index is 0.224. The Morgan fingerprint density at radius 3 is 2.85 bits per heavy atom. The number of aliphatic hydroxyl groups excluding tert-OH is 1. The van der Waals surface area contributed by atoms with Gasteiger partial charge in [0.15, 0.2) is 0 Å². The predicted molar refractivity (Wildman–Crippen MR) is 79.0 cm³/mol. The van der Waals surface area contributed by atoms with Gasteiger partial charge < -0.3 is 9.84 Å². The molecule has 0 amide bonds. The van der Waals surface area contributed by atoms with Gasteiger partial charge in [-0.2, -0.15) is 5.48 Å². The highest BCUT2D eigenvalue weighted by molar-refractivity contribution is 6.31. The second kappa shape index (κ2) is 7.84. The molecule has 1 aliphatic carbocycles. The molecule has 1 aliphatic rings. The van der Waals surface area contributed by atoms with Crippen LogP contribution in [0.5, 0.6) is 5.75 Å². The van der Waals surface area contributed by atoms with E-state index in [2.05, 4.69) is 5.48 Å². The predicted octanol–water partition coefficient (Wildman–Crippen LogP) is 2.85. The summed E-state index contributed by atoms with van der Waals surface area (Å²) in [5.74, 6) is 0.711. The van der Waals surface area contributed by atoms with E-state index in [0.29, 0.717) is 23.4 Å². The molecule has 0 spiro atoms. The summed E-state index contributed by atoms with van der Waals surface area (Å²) < 4.78 is 5.52. The molecule has 0 radical (unpaired) electrons. The molecule has 0 aliphatic heterocycles. The van der Waals surface area contributed by atoms with Crippen LogP contribution in [0.1, 0.15) is 31.2 Å². The zero-order valence-electron chi connectivity index (χ0n) is 11.8. The van der Waals surface area contributed by atoms with E-state index in [0.717, 1.165) is 18.4 Å². The second-order valence-corrected chi connectivity index (χ2v) is 5.66. The molecule has 1 atom stereocenters. The fourth-order valence-electron chi connectivity index (χ4n) is 2.23. The van der Waals surface area contributed by atoms with Gasteiger partial charge in [0.25, 0.3) is 0 Å². The molecular weight excluding hydrogens is 278 g/mol. The molecule has 0 heterocycles. The van der Waals surface area contributed by atoms with E-state index >= 15 is 0 Å². The number of aliphatic hydroxyl groups is 1. The van der Waals surface area contributed by atoms with Crippen molar-refractivity contribution in [3.63, 3.8) is 0 Å². The van der Waals surface area contributed by atoms with E-state index < -0.39 is 6.10 Å². The first-order chi connectivity index (χ1) is 9.65. The van der Waals surface area contributed by atoms with Crippen molar-refractivity contribution in [1.82, 2.24) is 5.48 Å².